The Balaban J connectivity index is 1.72. The van der Waals surface area contributed by atoms with Gasteiger partial charge in [-0.3, -0.25) is 4.79 Å². The predicted molar refractivity (Wildman–Crippen MR) is 104 cm³/mol. The second kappa shape index (κ2) is 8.48. The summed E-state index contributed by atoms with van der Waals surface area (Å²) in [6.07, 6.45) is 4.68. The standard InChI is InChI=1S/C21H25N3OS/c1-16(20(25)24-21(15-22)12-6-3-7-13-21)23-19(18-11-8-14-26-18)17-9-4-2-5-10-17/h2,4-5,8-11,14,16,19,23H,3,6-7,12-13H2,1H3,(H,24,25)/p+1/t16-,19-/m1/s1. The van der Waals surface area contributed by atoms with Gasteiger partial charge >= 0.3 is 0 Å². The van der Waals surface area contributed by atoms with Gasteiger partial charge in [0.2, 0.25) is 0 Å². The number of quaternary nitrogens is 1. The molecule has 5 heteroatoms. The Labute approximate surface area is 159 Å². The lowest BCUT2D eigenvalue weighted by Crippen LogP contribution is -2.93. The van der Waals surface area contributed by atoms with Crippen molar-refractivity contribution in [3.63, 3.8) is 0 Å². The Morgan fingerprint density at radius 1 is 1.19 bits per heavy atom. The molecule has 4 nitrogen and oxygen atoms in total. The lowest BCUT2D eigenvalue weighted by molar-refractivity contribution is -0.704. The Morgan fingerprint density at radius 3 is 2.54 bits per heavy atom. The number of nitrogens with zero attached hydrogens (tertiary/aromatic N) is 1. The van der Waals surface area contributed by atoms with E-state index in [-0.39, 0.29) is 18.0 Å². The minimum Gasteiger partial charge on any atom is -0.333 e. The fraction of sp³-hybridized carbons (Fsp3) is 0.429. The largest absolute Gasteiger partial charge is 0.333 e. The Hall–Kier alpha value is -2.16. The molecule has 3 rings (SSSR count). The fourth-order valence-electron chi connectivity index (χ4n) is 3.64. The van der Waals surface area contributed by atoms with Gasteiger partial charge in [0.05, 0.1) is 10.9 Å². The average Bonchev–Trinajstić information content (AvgIpc) is 3.21. The van der Waals surface area contributed by atoms with Crippen molar-refractivity contribution in [1.29, 1.82) is 5.26 Å². The first-order chi connectivity index (χ1) is 12.6. The summed E-state index contributed by atoms with van der Waals surface area (Å²) in [5.74, 6) is -0.0501. The van der Waals surface area contributed by atoms with Crippen molar-refractivity contribution in [2.24, 2.45) is 0 Å². The number of carbonyl (C=O) groups is 1. The molecule has 0 bridgehead atoms. The van der Waals surface area contributed by atoms with Crippen LogP contribution >= 0.6 is 11.3 Å². The van der Waals surface area contributed by atoms with E-state index in [9.17, 15) is 10.1 Å². The number of nitriles is 1. The SMILES string of the molecule is C[C@@H]([NH2+][C@H](c1ccccc1)c1cccs1)C(=O)NC1(C#N)CCCCC1. The fourth-order valence-corrected chi connectivity index (χ4v) is 4.48. The monoisotopic (exact) mass is 368 g/mol. The Kier molecular flexibility index (Phi) is 6.08. The number of carbonyl (C=O) groups excluding carboxylic acids is 1. The molecule has 0 saturated heterocycles. The summed E-state index contributed by atoms with van der Waals surface area (Å²) >= 11 is 1.70. The molecule has 1 aromatic heterocycles. The summed E-state index contributed by atoms with van der Waals surface area (Å²) in [5, 5.41) is 16.8. The van der Waals surface area contributed by atoms with Crippen molar-refractivity contribution >= 4 is 17.2 Å². The van der Waals surface area contributed by atoms with Crippen molar-refractivity contribution in [3.05, 3.63) is 58.3 Å². The van der Waals surface area contributed by atoms with Crippen LogP contribution in [-0.2, 0) is 4.79 Å². The molecule has 3 N–H and O–H groups in total. The first-order valence-corrected chi connectivity index (χ1v) is 10.2. The van der Waals surface area contributed by atoms with Gasteiger partial charge in [-0.15, -0.1) is 11.3 Å². The van der Waals surface area contributed by atoms with E-state index in [0.29, 0.717) is 0 Å². The van der Waals surface area contributed by atoms with Crippen LogP contribution in [0.15, 0.2) is 47.8 Å². The maximum absolute atomic E-state index is 12.8. The minimum atomic E-state index is -0.678. The van der Waals surface area contributed by atoms with Crippen LogP contribution in [0.1, 0.15) is 55.5 Å². The molecule has 1 amide bonds. The lowest BCUT2D eigenvalue weighted by atomic mass is 9.82. The third-order valence-electron chi connectivity index (χ3n) is 5.19. The number of nitrogens with two attached hydrogens (primary N) is 1. The van der Waals surface area contributed by atoms with E-state index in [1.807, 2.05) is 31.2 Å². The van der Waals surface area contributed by atoms with E-state index >= 15 is 0 Å². The van der Waals surface area contributed by atoms with Crippen LogP contribution in [0.25, 0.3) is 0 Å². The van der Waals surface area contributed by atoms with Gasteiger partial charge in [-0.25, -0.2) is 0 Å². The average molecular weight is 369 g/mol. The van der Waals surface area contributed by atoms with E-state index in [1.54, 1.807) is 11.3 Å². The smallest absolute Gasteiger partial charge is 0.279 e. The summed E-state index contributed by atoms with van der Waals surface area (Å²) in [4.78, 5) is 14.0. The van der Waals surface area contributed by atoms with E-state index in [0.717, 1.165) is 32.1 Å². The molecule has 2 aromatic rings. The molecule has 26 heavy (non-hydrogen) atoms. The summed E-state index contributed by atoms with van der Waals surface area (Å²) in [7, 11) is 0. The molecule has 0 radical (unpaired) electrons. The first-order valence-electron chi connectivity index (χ1n) is 9.30. The van der Waals surface area contributed by atoms with E-state index in [2.05, 4.69) is 40.3 Å². The zero-order valence-electron chi connectivity index (χ0n) is 15.2. The van der Waals surface area contributed by atoms with Gasteiger partial charge in [0.1, 0.15) is 11.6 Å². The number of nitrogens with one attached hydrogen (secondary N) is 1. The third kappa shape index (κ3) is 4.32. The second-order valence-electron chi connectivity index (χ2n) is 7.13. The number of thiophene rings is 1. The normalized spacial score (nSPS) is 18.5. The first kappa shape index (κ1) is 18.6. The molecule has 0 aliphatic heterocycles. The Morgan fingerprint density at radius 2 is 1.92 bits per heavy atom. The lowest BCUT2D eigenvalue weighted by Gasteiger charge is -2.32. The van der Waals surface area contributed by atoms with Crippen LogP contribution in [0.2, 0.25) is 0 Å². The van der Waals surface area contributed by atoms with Gasteiger partial charge in [-0.2, -0.15) is 5.26 Å². The number of rotatable bonds is 6. The van der Waals surface area contributed by atoms with Crippen molar-refractivity contribution in [3.8, 4) is 6.07 Å². The van der Waals surface area contributed by atoms with Gasteiger partial charge in [0.25, 0.3) is 5.91 Å². The van der Waals surface area contributed by atoms with Crippen LogP contribution in [0.5, 0.6) is 0 Å². The molecule has 1 aliphatic rings. The van der Waals surface area contributed by atoms with Gasteiger partial charge in [-0.1, -0.05) is 55.7 Å². The zero-order chi connectivity index (χ0) is 18.4. The summed E-state index contributed by atoms with van der Waals surface area (Å²) < 4.78 is 0. The van der Waals surface area contributed by atoms with Crippen molar-refractivity contribution in [2.45, 2.75) is 56.7 Å². The van der Waals surface area contributed by atoms with E-state index in [4.69, 9.17) is 0 Å². The van der Waals surface area contributed by atoms with Crippen LogP contribution in [0.3, 0.4) is 0 Å². The van der Waals surface area contributed by atoms with Gasteiger partial charge in [0, 0.05) is 5.56 Å². The molecule has 1 aliphatic carbocycles. The van der Waals surface area contributed by atoms with Crippen LogP contribution in [-0.4, -0.2) is 17.5 Å². The molecule has 1 fully saturated rings. The van der Waals surface area contributed by atoms with Gasteiger partial charge in [-0.05, 0) is 31.2 Å². The highest BCUT2D eigenvalue weighted by Crippen LogP contribution is 2.27. The summed E-state index contributed by atoms with van der Waals surface area (Å²) in [6.45, 7) is 1.92. The molecular formula is C21H26N3OS+. The van der Waals surface area contributed by atoms with Crippen molar-refractivity contribution in [2.75, 3.05) is 0 Å². The molecular weight excluding hydrogens is 342 g/mol. The minimum absolute atomic E-state index is 0.0501. The predicted octanol–water partition coefficient (Wildman–Crippen LogP) is 3.13. The number of hydrogen-bond acceptors (Lipinski definition) is 3. The maximum Gasteiger partial charge on any atom is 0.279 e. The number of benzene rings is 1. The van der Waals surface area contributed by atoms with E-state index in [1.165, 1.54) is 10.4 Å². The number of amides is 1. The third-order valence-corrected chi connectivity index (χ3v) is 6.14. The van der Waals surface area contributed by atoms with Crippen LogP contribution in [0.4, 0.5) is 0 Å². The molecule has 136 valence electrons. The Bertz CT molecular complexity index is 745. The highest BCUT2D eigenvalue weighted by molar-refractivity contribution is 7.10. The molecule has 0 unspecified atom stereocenters. The number of hydrogen-bond donors (Lipinski definition) is 2. The quantitative estimate of drug-likeness (QED) is 0.822. The molecule has 1 saturated carbocycles. The summed E-state index contributed by atoms with van der Waals surface area (Å²) in [6, 6.07) is 16.6. The van der Waals surface area contributed by atoms with E-state index < -0.39 is 5.54 Å². The second-order valence-corrected chi connectivity index (χ2v) is 8.11. The maximum atomic E-state index is 12.8. The topological polar surface area (TPSA) is 69.5 Å². The molecule has 1 aromatic carbocycles. The van der Waals surface area contributed by atoms with Crippen molar-refractivity contribution < 1.29 is 10.1 Å². The summed E-state index contributed by atoms with van der Waals surface area (Å²) in [5.41, 5.74) is 0.505. The van der Waals surface area contributed by atoms with Crippen LogP contribution < -0.4 is 10.6 Å². The van der Waals surface area contributed by atoms with Crippen LogP contribution in [0, 0.1) is 11.3 Å². The molecule has 0 spiro atoms. The highest BCUT2D eigenvalue weighted by atomic mass is 32.1. The molecule has 2 atom stereocenters. The van der Waals surface area contributed by atoms with Crippen molar-refractivity contribution in [1.82, 2.24) is 5.32 Å². The zero-order valence-corrected chi connectivity index (χ0v) is 16.0. The molecule has 1 heterocycles. The van der Waals surface area contributed by atoms with Gasteiger partial charge in [0.15, 0.2) is 6.04 Å². The van der Waals surface area contributed by atoms with Gasteiger partial charge < -0.3 is 10.6 Å². The highest BCUT2D eigenvalue weighted by Gasteiger charge is 2.36.